The molecule has 90 valence electrons. The van der Waals surface area contributed by atoms with Crippen molar-refractivity contribution in [3.05, 3.63) is 0 Å². The Kier molecular flexibility index (Phi) is 9.52. The van der Waals surface area contributed by atoms with Crippen molar-refractivity contribution in [2.75, 3.05) is 20.3 Å². The van der Waals surface area contributed by atoms with Crippen LogP contribution in [0.2, 0.25) is 0 Å². The fourth-order valence-corrected chi connectivity index (χ4v) is 1.37. The van der Waals surface area contributed by atoms with Gasteiger partial charge in [0.2, 0.25) is 0 Å². The molecule has 0 rings (SSSR count). The fraction of sp³-hybridized carbons (Fsp3) is 0.909. The minimum Gasteiger partial charge on any atom is -0.480 e. The van der Waals surface area contributed by atoms with Crippen molar-refractivity contribution >= 4 is 5.97 Å². The Bertz CT molecular complexity index is 162. The second kappa shape index (κ2) is 9.93. The molecule has 1 atom stereocenters. The van der Waals surface area contributed by atoms with Gasteiger partial charge in [0.05, 0.1) is 0 Å². The third kappa shape index (κ3) is 8.39. The Morgan fingerprint density at radius 1 is 1.40 bits per heavy atom. The Morgan fingerprint density at radius 3 is 2.67 bits per heavy atom. The Labute approximate surface area is 92.0 Å². The van der Waals surface area contributed by atoms with Gasteiger partial charge in [-0.25, -0.2) is 0 Å². The van der Waals surface area contributed by atoms with Crippen molar-refractivity contribution in [3.8, 4) is 0 Å². The average molecular weight is 217 g/mol. The molecule has 2 N–H and O–H groups in total. The third-order valence-electron chi connectivity index (χ3n) is 2.31. The van der Waals surface area contributed by atoms with E-state index in [1.165, 1.54) is 0 Å². The smallest absolute Gasteiger partial charge is 0.320 e. The van der Waals surface area contributed by atoms with E-state index >= 15 is 0 Å². The second-order valence-corrected chi connectivity index (χ2v) is 3.69. The highest BCUT2D eigenvalue weighted by atomic mass is 16.5. The van der Waals surface area contributed by atoms with Gasteiger partial charge >= 0.3 is 5.97 Å². The van der Waals surface area contributed by atoms with E-state index in [0.717, 1.165) is 45.3 Å². The lowest BCUT2D eigenvalue weighted by Gasteiger charge is -2.13. The molecule has 1 unspecified atom stereocenters. The number of methoxy groups -OCH3 is 1. The lowest BCUT2D eigenvalue weighted by Crippen LogP contribution is -2.37. The van der Waals surface area contributed by atoms with Gasteiger partial charge in [-0.1, -0.05) is 19.8 Å². The number of rotatable bonds is 10. The molecule has 0 bridgehead atoms. The molecule has 0 radical (unpaired) electrons. The topological polar surface area (TPSA) is 58.6 Å². The predicted molar refractivity (Wildman–Crippen MR) is 60.1 cm³/mol. The third-order valence-corrected chi connectivity index (χ3v) is 2.31. The van der Waals surface area contributed by atoms with Crippen molar-refractivity contribution in [2.24, 2.45) is 0 Å². The summed E-state index contributed by atoms with van der Waals surface area (Å²) < 4.78 is 4.92. The molecule has 0 aromatic carbocycles. The van der Waals surface area contributed by atoms with Gasteiger partial charge in [0.15, 0.2) is 0 Å². The van der Waals surface area contributed by atoms with Crippen LogP contribution in [0.5, 0.6) is 0 Å². The molecule has 0 saturated carbocycles. The van der Waals surface area contributed by atoms with Crippen LogP contribution in [0, 0.1) is 0 Å². The first-order valence-corrected chi connectivity index (χ1v) is 5.67. The fourth-order valence-electron chi connectivity index (χ4n) is 1.37. The van der Waals surface area contributed by atoms with Gasteiger partial charge in [-0.3, -0.25) is 4.79 Å². The molecule has 0 amide bonds. The maximum Gasteiger partial charge on any atom is 0.320 e. The van der Waals surface area contributed by atoms with E-state index in [0.29, 0.717) is 0 Å². The predicted octanol–water partition coefficient (Wildman–Crippen LogP) is 1.65. The highest BCUT2D eigenvalue weighted by molar-refractivity contribution is 5.73. The Hall–Kier alpha value is -0.610. The van der Waals surface area contributed by atoms with Gasteiger partial charge < -0.3 is 15.2 Å². The van der Waals surface area contributed by atoms with Gasteiger partial charge in [-0.2, -0.15) is 0 Å². The Morgan fingerprint density at radius 2 is 2.13 bits per heavy atom. The second-order valence-electron chi connectivity index (χ2n) is 3.69. The van der Waals surface area contributed by atoms with Crippen LogP contribution < -0.4 is 5.32 Å². The minimum absolute atomic E-state index is 0.382. The summed E-state index contributed by atoms with van der Waals surface area (Å²) in [6.07, 6.45) is 4.65. The van der Waals surface area contributed by atoms with Crippen LogP contribution >= 0.6 is 0 Å². The molecule has 0 heterocycles. The molecule has 0 spiro atoms. The molecule has 15 heavy (non-hydrogen) atoms. The first-order chi connectivity index (χ1) is 7.22. The average Bonchev–Trinajstić information content (AvgIpc) is 2.21. The first kappa shape index (κ1) is 14.4. The number of hydrogen-bond acceptors (Lipinski definition) is 3. The molecule has 0 aliphatic heterocycles. The summed E-state index contributed by atoms with van der Waals surface area (Å²) in [5.74, 6) is -0.741. The molecule has 0 aliphatic carbocycles. The van der Waals surface area contributed by atoms with E-state index in [2.05, 4.69) is 12.2 Å². The zero-order chi connectivity index (χ0) is 11.5. The normalized spacial score (nSPS) is 12.7. The SMILES string of the molecule is CCCCC(NCCCCOC)C(=O)O. The first-order valence-electron chi connectivity index (χ1n) is 5.67. The number of carboxylic acid groups (broad SMARTS) is 1. The van der Waals surface area contributed by atoms with E-state index in [4.69, 9.17) is 9.84 Å². The van der Waals surface area contributed by atoms with Gasteiger partial charge in [0, 0.05) is 13.7 Å². The van der Waals surface area contributed by atoms with Gasteiger partial charge in [-0.15, -0.1) is 0 Å². The number of aliphatic carboxylic acids is 1. The molecule has 0 fully saturated rings. The zero-order valence-corrected chi connectivity index (χ0v) is 9.79. The van der Waals surface area contributed by atoms with Crippen LogP contribution in [0.3, 0.4) is 0 Å². The van der Waals surface area contributed by atoms with Crippen LogP contribution in [-0.4, -0.2) is 37.4 Å². The number of unbranched alkanes of at least 4 members (excludes halogenated alkanes) is 2. The number of carbonyl (C=O) groups is 1. The van der Waals surface area contributed by atoms with Crippen molar-refractivity contribution in [1.29, 1.82) is 0 Å². The molecule has 0 aromatic heterocycles. The standard InChI is InChI=1S/C11H23NO3/c1-3-4-7-10(11(13)14)12-8-5-6-9-15-2/h10,12H,3-9H2,1-2H3,(H,13,14). The monoisotopic (exact) mass is 217 g/mol. The van der Waals surface area contributed by atoms with E-state index in [1.54, 1.807) is 7.11 Å². The van der Waals surface area contributed by atoms with E-state index in [1.807, 2.05) is 0 Å². The number of nitrogens with one attached hydrogen (secondary N) is 1. The lowest BCUT2D eigenvalue weighted by molar-refractivity contribution is -0.139. The largest absolute Gasteiger partial charge is 0.480 e. The number of ether oxygens (including phenoxy) is 1. The Balaban J connectivity index is 3.53. The summed E-state index contributed by atoms with van der Waals surface area (Å²) in [5, 5.41) is 12.0. The molecule has 0 aliphatic rings. The van der Waals surface area contributed by atoms with Crippen molar-refractivity contribution in [3.63, 3.8) is 0 Å². The van der Waals surface area contributed by atoms with Crippen LogP contribution in [0.4, 0.5) is 0 Å². The molecular weight excluding hydrogens is 194 g/mol. The highest BCUT2D eigenvalue weighted by Gasteiger charge is 2.14. The molecule has 0 aromatic rings. The van der Waals surface area contributed by atoms with Crippen LogP contribution in [0.1, 0.15) is 39.0 Å². The van der Waals surface area contributed by atoms with Crippen LogP contribution in [0.25, 0.3) is 0 Å². The minimum atomic E-state index is -0.741. The molecule has 4 nitrogen and oxygen atoms in total. The molecule has 0 saturated heterocycles. The summed E-state index contributed by atoms with van der Waals surface area (Å²) in [6.45, 7) is 3.57. The zero-order valence-electron chi connectivity index (χ0n) is 9.79. The quantitative estimate of drug-likeness (QED) is 0.546. The van der Waals surface area contributed by atoms with Crippen LogP contribution in [0.15, 0.2) is 0 Å². The lowest BCUT2D eigenvalue weighted by atomic mass is 10.1. The number of carboxylic acids is 1. The van der Waals surface area contributed by atoms with Gasteiger partial charge in [0.1, 0.15) is 6.04 Å². The van der Waals surface area contributed by atoms with E-state index in [-0.39, 0.29) is 6.04 Å². The van der Waals surface area contributed by atoms with Crippen molar-refractivity contribution in [2.45, 2.75) is 45.1 Å². The maximum atomic E-state index is 10.8. The van der Waals surface area contributed by atoms with Gasteiger partial charge in [-0.05, 0) is 25.8 Å². The number of hydrogen-bond donors (Lipinski definition) is 2. The van der Waals surface area contributed by atoms with E-state index < -0.39 is 5.97 Å². The summed E-state index contributed by atoms with van der Waals surface area (Å²) in [4.78, 5) is 10.8. The maximum absolute atomic E-state index is 10.8. The van der Waals surface area contributed by atoms with E-state index in [9.17, 15) is 4.79 Å². The van der Waals surface area contributed by atoms with Gasteiger partial charge in [0.25, 0.3) is 0 Å². The van der Waals surface area contributed by atoms with Crippen molar-refractivity contribution < 1.29 is 14.6 Å². The molecular formula is C11H23NO3. The summed E-state index contributed by atoms with van der Waals surface area (Å²) in [6, 6.07) is -0.382. The summed E-state index contributed by atoms with van der Waals surface area (Å²) >= 11 is 0. The summed E-state index contributed by atoms with van der Waals surface area (Å²) in [7, 11) is 1.68. The molecule has 4 heteroatoms. The van der Waals surface area contributed by atoms with Crippen molar-refractivity contribution in [1.82, 2.24) is 5.32 Å². The highest BCUT2D eigenvalue weighted by Crippen LogP contribution is 2.01. The van der Waals surface area contributed by atoms with Crippen LogP contribution in [-0.2, 0) is 9.53 Å². The summed E-state index contributed by atoms with van der Waals surface area (Å²) in [5.41, 5.74) is 0.